The molecule has 0 heterocycles. The van der Waals surface area contributed by atoms with Crippen LogP contribution in [0.25, 0.3) is 0 Å². The second-order valence-electron chi connectivity index (χ2n) is 6.08. The lowest BCUT2D eigenvalue weighted by Gasteiger charge is -2.40. The Morgan fingerprint density at radius 1 is 1.30 bits per heavy atom. The van der Waals surface area contributed by atoms with Gasteiger partial charge in [0.2, 0.25) is 0 Å². The third-order valence-corrected chi connectivity index (χ3v) is 6.50. The minimum atomic E-state index is -3.00. The van der Waals surface area contributed by atoms with E-state index in [9.17, 15) is 8.42 Å². The number of halogens is 1. The lowest BCUT2D eigenvalue weighted by molar-refractivity contribution is 0.226. The van der Waals surface area contributed by atoms with Crippen molar-refractivity contribution in [1.82, 2.24) is 0 Å². The molecule has 0 saturated heterocycles. The molecule has 0 spiro atoms. The zero-order valence-electron chi connectivity index (χ0n) is 12.0. The number of benzene rings is 1. The highest BCUT2D eigenvalue weighted by atomic mass is 35.5. The van der Waals surface area contributed by atoms with E-state index in [0.29, 0.717) is 11.4 Å². The summed E-state index contributed by atoms with van der Waals surface area (Å²) in [6, 6.07) is 7.57. The number of sulfone groups is 1. The third kappa shape index (κ3) is 3.18. The van der Waals surface area contributed by atoms with Crippen molar-refractivity contribution in [1.29, 1.82) is 0 Å². The highest BCUT2D eigenvalue weighted by Crippen LogP contribution is 2.41. The molecule has 1 aliphatic carbocycles. The molecule has 1 fully saturated rings. The van der Waals surface area contributed by atoms with Crippen LogP contribution in [0.5, 0.6) is 0 Å². The molecule has 0 aliphatic heterocycles. The van der Waals surface area contributed by atoms with Crippen molar-refractivity contribution in [2.75, 3.05) is 6.26 Å². The van der Waals surface area contributed by atoms with Crippen molar-refractivity contribution < 1.29 is 8.42 Å². The fourth-order valence-electron chi connectivity index (χ4n) is 3.20. The summed E-state index contributed by atoms with van der Waals surface area (Å²) in [6.07, 6.45) is 4.54. The molecule has 2 N–H and O–H groups in total. The van der Waals surface area contributed by atoms with E-state index in [0.717, 1.165) is 24.8 Å². The molecule has 1 aromatic carbocycles. The number of nitrogens with two attached hydrogens (primary N) is 1. The number of hydrogen-bond acceptors (Lipinski definition) is 3. The fourth-order valence-corrected chi connectivity index (χ4v) is 4.71. The van der Waals surface area contributed by atoms with Crippen LogP contribution in [0.2, 0.25) is 5.02 Å². The van der Waals surface area contributed by atoms with E-state index in [1.54, 1.807) is 0 Å². The molecule has 3 nitrogen and oxygen atoms in total. The van der Waals surface area contributed by atoms with Gasteiger partial charge in [-0.3, -0.25) is 0 Å². The van der Waals surface area contributed by atoms with E-state index >= 15 is 0 Å². The second kappa shape index (κ2) is 5.66. The Bertz CT molecular complexity index is 583. The van der Waals surface area contributed by atoms with Crippen molar-refractivity contribution in [3.63, 3.8) is 0 Å². The zero-order chi connectivity index (χ0) is 15.0. The summed E-state index contributed by atoms with van der Waals surface area (Å²) < 4.78 is 23.6. The quantitative estimate of drug-likeness (QED) is 0.932. The number of hydrogen-bond donors (Lipinski definition) is 1. The Labute approximate surface area is 126 Å². The summed E-state index contributed by atoms with van der Waals surface area (Å²) in [5.74, 6) is 0.135. The van der Waals surface area contributed by atoms with E-state index in [-0.39, 0.29) is 11.2 Å². The van der Waals surface area contributed by atoms with Crippen molar-refractivity contribution in [3.05, 3.63) is 34.9 Å². The summed E-state index contributed by atoms with van der Waals surface area (Å²) in [5, 5.41) is 0.380. The standard InChI is InChI=1S/C15H22ClNO2S/c1-15(17,13-8-3-4-9-14(13)16)11-6-5-7-12(10-11)20(2,18)19/h3-4,8-9,11-12H,5-7,10,17H2,1-2H3. The molecular weight excluding hydrogens is 294 g/mol. The fraction of sp³-hybridized carbons (Fsp3) is 0.600. The summed E-state index contributed by atoms with van der Waals surface area (Å²) in [7, 11) is -3.00. The molecule has 5 heteroatoms. The molecule has 3 unspecified atom stereocenters. The normalized spacial score (nSPS) is 27.0. The van der Waals surface area contributed by atoms with E-state index in [1.165, 1.54) is 6.26 Å². The molecule has 2 rings (SSSR count). The average molecular weight is 316 g/mol. The molecule has 0 amide bonds. The monoisotopic (exact) mass is 315 g/mol. The van der Waals surface area contributed by atoms with Gasteiger partial charge in [0.05, 0.1) is 5.25 Å². The van der Waals surface area contributed by atoms with Gasteiger partial charge in [-0.25, -0.2) is 8.42 Å². The largest absolute Gasteiger partial charge is 0.321 e. The van der Waals surface area contributed by atoms with E-state index in [2.05, 4.69) is 0 Å². The lowest BCUT2D eigenvalue weighted by atomic mass is 9.72. The van der Waals surface area contributed by atoms with E-state index < -0.39 is 15.4 Å². The second-order valence-corrected chi connectivity index (χ2v) is 8.81. The van der Waals surface area contributed by atoms with Gasteiger partial charge < -0.3 is 5.73 Å². The summed E-state index contributed by atoms with van der Waals surface area (Å²) in [6.45, 7) is 1.96. The maximum atomic E-state index is 11.8. The van der Waals surface area contributed by atoms with Gasteiger partial charge in [0.1, 0.15) is 9.84 Å². The highest BCUT2D eigenvalue weighted by molar-refractivity contribution is 7.91. The predicted octanol–water partition coefficient (Wildman–Crippen LogP) is 3.12. The van der Waals surface area contributed by atoms with Gasteiger partial charge in [0, 0.05) is 16.8 Å². The molecule has 112 valence electrons. The summed E-state index contributed by atoms with van der Waals surface area (Å²) >= 11 is 6.26. The maximum Gasteiger partial charge on any atom is 0.150 e. The first kappa shape index (κ1) is 15.8. The molecule has 1 aromatic rings. The van der Waals surface area contributed by atoms with Crippen LogP contribution in [0.15, 0.2) is 24.3 Å². The Kier molecular flexibility index (Phi) is 4.47. The Morgan fingerprint density at radius 2 is 1.95 bits per heavy atom. The Hall–Kier alpha value is -0.580. The molecule has 1 aliphatic rings. The number of rotatable bonds is 3. The smallest absolute Gasteiger partial charge is 0.150 e. The van der Waals surface area contributed by atoms with Crippen LogP contribution < -0.4 is 5.73 Å². The van der Waals surface area contributed by atoms with E-state index in [1.807, 2.05) is 31.2 Å². The van der Waals surface area contributed by atoms with Crippen LogP contribution in [0.1, 0.15) is 38.2 Å². The molecule has 1 saturated carbocycles. The first-order valence-electron chi connectivity index (χ1n) is 6.95. The Balaban J connectivity index is 2.28. The van der Waals surface area contributed by atoms with Crippen LogP contribution in [0.4, 0.5) is 0 Å². The van der Waals surface area contributed by atoms with Gasteiger partial charge in [-0.15, -0.1) is 0 Å². The van der Waals surface area contributed by atoms with Crippen LogP contribution in [0, 0.1) is 5.92 Å². The van der Waals surface area contributed by atoms with Crippen molar-refractivity contribution in [2.24, 2.45) is 11.7 Å². The lowest BCUT2D eigenvalue weighted by Crippen LogP contribution is -2.45. The summed E-state index contributed by atoms with van der Waals surface area (Å²) in [5.41, 5.74) is 6.85. The van der Waals surface area contributed by atoms with Gasteiger partial charge in [-0.2, -0.15) is 0 Å². The molecular formula is C15H22ClNO2S. The first-order valence-corrected chi connectivity index (χ1v) is 9.29. The first-order chi connectivity index (χ1) is 9.23. The summed E-state index contributed by atoms with van der Waals surface area (Å²) in [4.78, 5) is 0. The van der Waals surface area contributed by atoms with Crippen LogP contribution in [-0.4, -0.2) is 19.9 Å². The predicted molar refractivity (Wildman–Crippen MR) is 83.6 cm³/mol. The minimum Gasteiger partial charge on any atom is -0.321 e. The molecule has 0 aromatic heterocycles. The Morgan fingerprint density at radius 3 is 2.55 bits per heavy atom. The molecule has 20 heavy (non-hydrogen) atoms. The zero-order valence-corrected chi connectivity index (χ0v) is 13.5. The van der Waals surface area contributed by atoms with Gasteiger partial charge in [0.25, 0.3) is 0 Å². The SMILES string of the molecule is CC(N)(c1ccccc1Cl)C1CCCC(S(C)(=O)=O)C1. The van der Waals surface area contributed by atoms with Gasteiger partial charge in [-0.1, -0.05) is 36.2 Å². The van der Waals surface area contributed by atoms with Crippen LogP contribution in [-0.2, 0) is 15.4 Å². The average Bonchev–Trinajstić information content (AvgIpc) is 2.38. The maximum absolute atomic E-state index is 11.8. The highest BCUT2D eigenvalue weighted by Gasteiger charge is 2.39. The molecule has 3 atom stereocenters. The topological polar surface area (TPSA) is 60.2 Å². The minimum absolute atomic E-state index is 0.135. The third-order valence-electron chi connectivity index (χ3n) is 4.53. The van der Waals surface area contributed by atoms with Crippen LogP contribution in [0.3, 0.4) is 0 Å². The molecule has 0 radical (unpaired) electrons. The van der Waals surface area contributed by atoms with Gasteiger partial charge in [-0.05, 0) is 43.7 Å². The van der Waals surface area contributed by atoms with Gasteiger partial charge in [0.15, 0.2) is 0 Å². The van der Waals surface area contributed by atoms with Crippen molar-refractivity contribution >= 4 is 21.4 Å². The molecule has 0 bridgehead atoms. The van der Waals surface area contributed by atoms with Crippen molar-refractivity contribution in [2.45, 2.75) is 43.4 Å². The van der Waals surface area contributed by atoms with Crippen LogP contribution >= 0.6 is 11.6 Å². The van der Waals surface area contributed by atoms with Crippen molar-refractivity contribution in [3.8, 4) is 0 Å². The van der Waals surface area contributed by atoms with E-state index in [4.69, 9.17) is 17.3 Å². The van der Waals surface area contributed by atoms with Gasteiger partial charge >= 0.3 is 0 Å².